The zero-order valence-corrected chi connectivity index (χ0v) is 20.3. The maximum absolute atomic E-state index is 12.0. The molecule has 0 saturated carbocycles. The Bertz CT molecular complexity index is 880. The molecule has 2 heteroatoms. The SMILES string of the molecule is CCCCCCCCC1CC=C(c2ccc3cc(OC(=O)CCCCC)ccc3c2)CC1. The molecule has 0 spiro atoms. The third-order valence-electron chi connectivity index (χ3n) is 6.88. The average Bonchev–Trinajstić information content (AvgIpc) is 2.81. The fourth-order valence-corrected chi connectivity index (χ4v) is 4.82. The van der Waals surface area contributed by atoms with E-state index in [1.807, 2.05) is 12.1 Å². The van der Waals surface area contributed by atoms with E-state index >= 15 is 0 Å². The van der Waals surface area contributed by atoms with Gasteiger partial charge < -0.3 is 4.74 Å². The first-order valence-electron chi connectivity index (χ1n) is 13.1. The van der Waals surface area contributed by atoms with Crippen molar-refractivity contribution in [3.8, 4) is 5.75 Å². The van der Waals surface area contributed by atoms with E-state index < -0.39 is 0 Å². The van der Waals surface area contributed by atoms with Crippen molar-refractivity contribution in [1.29, 1.82) is 0 Å². The number of hydrogen-bond acceptors (Lipinski definition) is 2. The van der Waals surface area contributed by atoms with Gasteiger partial charge in [-0.25, -0.2) is 0 Å². The number of rotatable bonds is 13. The summed E-state index contributed by atoms with van der Waals surface area (Å²) in [7, 11) is 0. The molecule has 0 heterocycles. The van der Waals surface area contributed by atoms with E-state index in [-0.39, 0.29) is 5.97 Å². The highest BCUT2D eigenvalue weighted by atomic mass is 16.5. The summed E-state index contributed by atoms with van der Waals surface area (Å²) in [5.74, 6) is 1.40. The summed E-state index contributed by atoms with van der Waals surface area (Å²) in [6.07, 6.45) is 19.6. The number of benzene rings is 2. The van der Waals surface area contributed by atoms with Crippen LogP contribution in [0.25, 0.3) is 16.3 Å². The molecule has 0 aliphatic heterocycles. The third-order valence-corrected chi connectivity index (χ3v) is 6.88. The molecule has 174 valence electrons. The average molecular weight is 435 g/mol. The minimum atomic E-state index is -0.128. The lowest BCUT2D eigenvalue weighted by Crippen LogP contribution is -2.07. The fourth-order valence-electron chi connectivity index (χ4n) is 4.82. The lowest BCUT2D eigenvalue weighted by atomic mass is 9.83. The molecule has 0 fully saturated rings. The summed E-state index contributed by atoms with van der Waals surface area (Å²) in [4.78, 5) is 12.0. The van der Waals surface area contributed by atoms with Crippen molar-refractivity contribution in [1.82, 2.24) is 0 Å². The van der Waals surface area contributed by atoms with Crippen LogP contribution in [0.1, 0.15) is 109 Å². The molecule has 0 aromatic heterocycles. The highest BCUT2D eigenvalue weighted by Gasteiger charge is 2.15. The molecule has 1 unspecified atom stereocenters. The molecule has 0 radical (unpaired) electrons. The maximum Gasteiger partial charge on any atom is 0.311 e. The second-order valence-corrected chi connectivity index (χ2v) is 9.58. The molecule has 0 bridgehead atoms. The van der Waals surface area contributed by atoms with Gasteiger partial charge in [-0.2, -0.15) is 0 Å². The molecular formula is C30H42O2. The topological polar surface area (TPSA) is 26.3 Å². The summed E-state index contributed by atoms with van der Waals surface area (Å²) in [6.45, 7) is 4.42. The summed E-state index contributed by atoms with van der Waals surface area (Å²) < 4.78 is 5.54. The van der Waals surface area contributed by atoms with Gasteiger partial charge in [-0.1, -0.05) is 95.9 Å². The highest BCUT2D eigenvalue weighted by Crippen LogP contribution is 2.34. The molecule has 2 aromatic carbocycles. The van der Waals surface area contributed by atoms with E-state index in [0.717, 1.165) is 30.6 Å². The van der Waals surface area contributed by atoms with E-state index in [2.05, 4.69) is 44.2 Å². The van der Waals surface area contributed by atoms with E-state index in [1.54, 1.807) is 0 Å². The summed E-state index contributed by atoms with van der Waals surface area (Å²) >= 11 is 0. The number of fused-ring (bicyclic) bond motifs is 1. The Morgan fingerprint density at radius 2 is 1.59 bits per heavy atom. The fraction of sp³-hybridized carbons (Fsp3) is 0.567. The van der Waals surface area contributed by atoms with Crippen molar-refractivity contribution in [3.05, 3.63) is 48.0 Å². The maximum atomic E-state index is 12.0. The van der Waals surface area contributed by atoms with Gasteiger partial charge in [0.05, 0.1) is 0 Å². The van der Waals surface area contributed by atoms with Gasteiger partial charge in [0, 0.05) is 6.42 Å². The first-order chi connectivity index (χ1) is 15.7. The lowest BCUT2D eigenvalue weighted by Gasteiger charge is -2.22. The van der Waals surface area contributed by atoms with Crippen molar-refractivity contribution in [2.45, 2.75) is 104 Å². The first kappa shape index (κ1) is 24.6. The van der Waals surface area contributed by atoms with Gasteiger partial charge in [-0.15, -0.1) is 0 Å². The largest absolute Gasteiger partial charge is 0.427 e. The molecule has 0 N–H and O–H groups in total. The van der Waals surface area contributed by atoms with Crippen LogP contribution in [-0.4, -0.2) is 5.97 Å². The van der Waals surface area contributed by atoms with Crippen LogP contribution in [0.5, 0.6) is 5.75 Å². The van der Waals surface area contributed by atoms with E-state index in [0.29, 0.717) is 12.2 Å². The van der Waals surface area contributed by atoms with Gasteiger partial charge >= 0.3 is 5.97 Å². The summed E-state index contributed by atoms with van der Waals surface area (Å²) in [5.41, 5.74) is 2.84. The number of allylic oxidation sites excluding steroid dienone is 2. The van der Waals surface area contributed by atoms with Crippen LogP contribution >= 0.6 is 0 Å². The van der Waals surface area contributed by atoms with Crippen LogP contribution in [0.3, 0.4) is 0 Å². The quantitative estimate of drug-likeness (QED) is 0.178. The zero-order chi connectivity index (χ0) is 22.6. The second-order valence-electron chi connectivity index (χ2n) is 9.58. The van der Waals surface area contributed by atoms with Crippen molar-refractivity contribution in [3.63, 3.8) is 0 Å². The molecule has 0 saturated heterocycles. The Morgan fingerprint density at radius 3 is 2.38 bits per heavy atom. The lowest BCUT2D eigenvalue weighted by molar-refractivity contribution is -0.134. The number of carbonyl (C=O) groups excluding carboxylic acids is 1. The Balaban J connectivity index is 1.51. The molecule has 1 aliphatic rings. The Labute approximate surface area is 195 Å². The van der Waals surface area contributed by atoms with Crippen LogP contribution in [-0.2, 0) is 4.79 Å². The van der Waals surface area contributed by atoms with E-state index in [1.165, 1.54) is 80.7 Å². The van der Waals surface area contributed by atoms with Crippen LogP contribution in [0.4, 0.5) is 0 Å². The normalized spacial score (nSPS) is 16.2. The Kier molecular flexibility index (Phi) is 10.3. The summed E-state index contributed by atoms with van der Waals surface area (Å²) in [5, 5.41) is 2.34. The monoisotopic (exact) mass is 434 g/mol. The molecule has 0 amide bonds. The molecule has 1 aliphatic carbocycles. The van der Waals surface area contributed by atoms with Crippen molar-refractivity contribution in [2.24, 2.45) is 5.92 Å². The number of carbonyl (C=O) groups is 1. The van der Waals surface area contributed by atoms with Gasteiger partial charge in [-0.05, 0) is 71.7 Å². The molecule has 2 nitrogen and oxygen atoms in total. The number of unbranched alkanes of at least 4 members (excludes halogenated alkanes) is 7. The number of ether oxygens (including phenoxy) is 1. The van der Waals surface area contributed by atoms with Crippen LogP contribution in [0.2, 0.25) is 0 Å². The van der Waals surface area contributed by atoms with Crippen LogP contribution in [0.15, 0.2) is 42.5 Å². The molecule has 3 rings (SSSR count). The molecular weight excluding hydrogens is 392 g/mol. The van der Waals surface area contributed by atoms with Crippen LogP contribution in [0, 0.1) is 5.92 Å². The van der Waals surface area contributed by atoms with Crippen LogP contribution < -0.4 is 4.74 Å². The highest BCUT2D eigenvalue weighted by molar-refractivity contribution is 5.88. The Morgan fingerprint density at radius 1 is 0.875 bits per heavy atom. The number of esters is 1. The molecule has 2 aromatic rings. The Hall–Kier alpha value is -2.09. The van der Waals surface area contributed by atoms with Gasteiger partial charge in [0.1, 0.15) is 5.75 Å². The molecule has 1 atom stereocenters. The standard InChI is InChI=1S/C30H42O2/c1-3-5-7-8-9-11-12-24-14-16-25(17-15-24)26-18-19-28-23-29(21-20-27(28)22-26)32-30(31)13-10-6-4-2/h16,18-24H,3-15,17H2,1-2H3. The van der Waals surface area contributed by atoms with Gasteiger partial charge in [0.15, 0.2) is 0 Å². The zero-order valence-electron chi connectivity index (χ0n) is 20.3. The minimum absolute atomic E-state index is 0.128. The van der Waals surface area contributed by atoms with Crippen molar-refractivity contribution in [2.75, 3.05) is 0 Å². The van der Waals surface area contributed by atoms with Gasteiger partial charge in [0.2, 0.25) is 0 Å². The number of hydrogen-bond donors (Lipinski definition) is 0. The molecule has 32 heavy (non-hydrogen) atoms. The first-order valence-corrected chi connectivity index (χ1v) is 13.1. The summed E-state index contributed by atoms with van der Waals surface area (Å²) in [6, 6.07) is 12.7. The third kappa shape index (κ3) is 7.80. The van der Waals surface area contributed by atoms with Gasteiger partial charge in [0.25, 0.3) is 0 Å². The smallest absolute Gasteiger partial charge is 0.311 e. The van der Waals surface area contributed by atoms with Crippen molar-refractivity contribution >= 4 is 22.3 Å². The van der Waals surface area contributed by atoms with Crippen molar-refractivity contribution < 1.29 is 9.53 Å². The minimum Gasteiger partial charge on any atom is -0.427 e. The second kappa shape index (κ2) is 13.5. The van der Waals surface area contributed by atoms with E-state index in [4.69, 9.17) is 4.74 Å². The van der Waals surface area contributed by atoms with Gasteiger partial charge in [-0.3, -0.25) is 4.79 Å². The van der Waals surface area contributed by atoms with E-state index in [9.17, 15) is 4.79 Å². The predicted molar refractivity (Wildman–Crippen MR) is 137 cm³/mol. The predicted octanol–water partition coefficient (Wildman–Crippen LogP) is 9.26.